The van der Waals surface area contributed by atoms with E-state index >= 15 is 0 Å². The van der Waals surface area contributed by atoms with Gasteiger partial charge < -0.3 is 21.3 Å². The predicted octanol–water partition coefficient (Wildman–Crippen LogP) is -0.400. The van der Waals surface area contributed by atoms with Gasteiger partial charge in [0.25, 0.3) is 0 Å². The molecule has 5 N–H and O–H groups in total. The van der Waals surface area contributed by atoms with Crippen molar-refractivity contribution >= 4 is 11.9 Å². The van der Waals surface area contributed by atoms with Gasteiger partial charge in [-0.1, -0.05) is 19.3 Å². The molecule has 17 heavy (non-hydrogen) atoms. The third-order valence-corrected chi connectivity index (χ3v) is 3.23. The van der Waals surface area contributed by atoms with Crippen molar-refractivity contribution in [2.24, 2.45) is 5.73 Å². The minimum absolute atomic E-state index is 0.126. The summed E-state index contributed by atoms with van der Waals surface area (Å²) in [5.74, 6) is -1.60. The van der Waals surface area contributed by atoms with Gasteiger partial charge in [-0.05, 0) is 12.8 Å². The van der Waals surface area contributed by atoms with Gasteiger partial charge in [-0.15, -0.1) is 0 Å². The Bertz CT molecular complexity index is 287. The van der Waals surface area contributed by atoms with Crippen molar-refractivity contribution < 1.29 is 19.8 Å². The van der Waals surface area contributed by atoms with Crippen molar-refractivity contribution in [2.45, 2.75) is 50.1 Å². The Balaban J connectivity index is 2.55. The molecule has 1 unspecified atom stereocenters. The number of aliphatic hydroxyl groups is 1. The number of carbonyl (C=O) groups excluding carboxylic acids is 1. The first-order chi connectivity index (χ1) is 7.99. The highest BCUT2D eigenvalue weighted by Crippen LogP contribution is 2.27. The maximum absolute atomic E-state index is 11.7. The molecule has 0 saturated heterocycles. The Labute approximate surface area is 100 Å². The van der Waals surface area contributed by atoms with Crippen LogP contribution in [0.25, 0.3) is 0 Å². The highest BCUT2D eigenvalue weighted by molar-refractivity contribution is 5.86. The lowest BCUT2D eigenvalue weighted by Gasteiger charge is -2.37. The maximum atomic E-state index is 11.7. The fraction of sp³-hybridized carbons (Fsp3) is 0.818. The van der Waals surface area contributed by atoms with Crippen LogP contribution in [-0.4, -0.2) is 40.3 Å². The number of carboxylic acid groups (broad SMARTS) is 1. The first kappa shape index (κ1) is 13.9. The molecule has 0 aliphatic heterocycles. The summed E-state index contributed by atoms with van der Waals surface area (Å²) in [4.78, 5) is 22.1. The zero-order chi connectivity index (χ0) is 12.9. The van der Waals surface area contributed by atoms with Crippen LogP contribution in [0.3, 0.4) is 0 Å². The molecular formula is C11H20N2O4. The van der Waals surface area contributed by atoms with Gasteiger partial charge in [-0.2, -0.15) is 0 Å². The second-order valence-electron chi connectivity index (χ2n) is 4.69. The Kier molecular flexibility index (Phi) is 4.89. The number of carbonyl (C=O) groups is 2. The molecule has 0 radical (unpaired) electrons. The molecule has 0 aromatic carbocycles. The van der Waals surface area contributed by atoms with Crippen LogP contribution < -0.4 is 11.1 Å². The molecule has 1 saturated carbocycles. The van der Waals surface area contributed by atoms with E-state index < -0.39 is 29.9 Å². The normalized spacial score (nSPS) is 20.6. The molecule has 1 amide bonds. The number of aliphatic hydroxyl groups excluding tert-OH is 1. The largest absolute Gasteiger partial charge is 0.481 e. The van der Waals surface area contributed by atoms with E-state index in [0.717, 1.165) is 32.1 Å². The van der Waals surface area contributed by atoms with E-state index in [-0.39, 0.29) is 6.61 Å². The number of nitrogens with one attached hydrogen (secondary N) is 1. The number of nitrogens with two attached hydrogens (primary N) is 1. The van der Waals surface area contributed by atoms with Gasteiger partial charge in [0.15, 0.2) is 0 Å². The number of hydrogen-bond donors (Lipinski definition) is 4. The number of amides is 1. The Hall–Kier alpha value is -1.14. The first-order valence-electron chi connectivity index (χ1n) is 5.89. The van der Waals surface area contributed by atoms with Crippen molar-refractivity contribution in [2.75, 3.05) is 6.61 Å². The molecule has 1 aliphatic rings. The lowest BCUT2D eigenvalue weighted by molar-refractivity contribution is -0.140. The zero-order valence-electron chi connectivity index (χ0n) is 9.82. The third-order valence-electron chi connectivity index (χ3n) is 3.23. The average Bonchev–Trinajstić information content (AvgIpc) is 2.29. The summed E-state index contributed by atoms with van der Waals surface area (Å²) >= 11 is 0. The van der Waals surface area contributed by atoms with Crippen molar-refractivity contribution in [3.05, 3.63) is 0 Å². The molecule has 1 rings (SSSR count). The van der Waals surface area contributed by atoms with Crippen LogP contribution in [0.15, 0.2) is 0 Å². The van der Waals surface area contributed by atoms with E-state index in [4.69, 9.17) is 10.8 Å². The van der Waals surface area contributed by atoms with Crippen molar-refractivity contribution in [3.8, 4) is 0 Å². The smallest absolute Gasteiger partial charge is 0.305 e. The van der Waals surface area contributed by atoms with Crippen LogP contribution in [0, 0.1) is 0 Å². The van der Waals surface area contributed by atoms with Crippen LogP contribution >= 0.6 is 0 Å². The summed E-state index contributed by atoms with van der Waals surface area (Å²) < 4.78 is 0. The minimum atomic E-state index is -1.10. The Morgan fingerprint density at radius 3 is 2.35 bits per heavy atom. The van der Waals surface area contributed by atoms with Gasteiger partial charge in [-0.3, -0.25) is 9.59 Å². The van der Waals surface area contributed by atoms with E-state index in [1.54, 1.807) is 0 Å². The molecule has 6 nitrogen and oxygen atoms in total. The van der Waals surface area contributed by atoms with E-state index in [2.05, 4.69) is 5.32 Å². The fourth-order valence-electron chi connectivity index (χ4n) is 2.19. The molecule has 0 bridgehead atoms. The number of aliphatic carboxylic acids is 1. The predicted molar refractivity (Wildman–Crippen MR) is 61.3 cm³/mol. The maximum Gasteiger partial charge on any atom is 0.305 e. The van der Waals surface area contributed by atoms with E-state index in [9.17, 15) is 14.7 Å². The monoisotopic (exact) mass is 244 g/mol. The lowest BCUT2D eigenvalue weighted by atomic mass is 9.82. The summed E-state index contributed by atoms with van der Waals surface area (Å²) in [5, 5.41) is 20.6. The van der Waals surface area contributed by atoms with Crippen LogP contribution in [0.1, 0.15) is 38.5 Å². The quantitative estimate of drug-likeness (QED) is 0.525. The minimum Gasteiger partial charge on any atom is -0.481 e. The summed E-state index contributed by atoms with van der Waals surface area (Å²) in [6.45, 7) is -0.126. The summed E-state index contributed by atoms with van der Waals surface area (Å²) in [6.07, 6.45) is 4.04. The van der Waals surface area contributed by atoms with Gasteiger partial charge in [0, 0.05) is 0 Å². The Morgan fingerprint density at radius 1 is 1.29 bits per heavy atom. The highest BCUT2D eigenvalue weighted by atomic mass is 16.4. The molecule has 0 heterocycles. The average molecular weight is 244 g/mol. The second kappa shape index (κ2) is 5.97. The molecule has 6 heteroatoms. The standard InChI is InChI=1S/C11H20N2O4/c12-8(6-9(15)16)10(17)13-11(7-14)4-2-1-3-5-11/h8,14H,1-7,12H2,(H,13,17)(H,15,16). The second-order valence-corrected chi connectivity index (χ2v) is 4.69. The topological polar surface area (TPSA) is 113 Å². The van der Waals surface area contributed by atoms with Gasteiger partial charge in [0.1, 0.15) is 0 Å². The van der Waals surface area contributed by atoms with Crippen LogP contribution in [0.4, 0.5) is 0 Å². The molecular weight excluding hydrogens is 224 g/mol. The van der Waals surface area contributed by atoms with E-state index in [0.29, 0.717) is 0 Å². The molecule has 98 valence electrons. The van der Waals surface area contributed by atoms with Gasteiger partial charge in [-0.25, -0.2) is 0 Å². The Morgan fingerprint density at radius 2 is 1.88 bits per heavy atom. The van der Waals surface area contributed by atoms with Gasteiger partial charge in [0.2, 0.25) is 5.91 Å². The van der Waals surface area contributed by atoms with E-state index in [1.165, 1.54) is 0 Å². The summed E-state index contributed by atoms with van der Waals surface area (Å²) in [7, 11) is 0. The molecule has 1 aliphatic carbocycles. The highest BCUT2D eigenvalue weighted by Gasteiger charge is 2.34. The molecule has 0 spiro atoms. The van der Waals surface area contributed by atoms with Crippen LogP contribution in [-0.2, 0) is 9.59 Å². The van der Waals surface area contributed by atoms with Gasteiger partial charge >= 0.3 is 5.97 Å². The SMILES string of the molecule is NC(CC(=O)O)C(=O)NC1(CO)CCCCC1. The van der Waals surface area contributed by atoms with Crippen molar-refractivity contribution in [3.63, 3.8) is 0 Å². The van der Waals surface area contributed by atoms with E-state index in [1.807, 2.05) is 0 Å². The van der Waals surface area contributed by atoms with Crippen LogP contribution in [0.2, 0.25) is 0 Å². The fourth-order valence-corrected chi connectivity index (χ4v) is 2.19. The van der Waals surface area contributed by atoms with Crippen molar-refractivity contribution in [1.82, 2.24) is 5.32 Å². The molecule has 1 fully saturated rings. The number of rotatable bonds is 5. The zero-order valence-corrected chi connectivity index (χ0v) is 9.82. The number of hydrogen-bond acceptors (Lipinski definition) is 4. The molecule has 1 atom stereocenters. The van der Waals surface area contributed by atoms with Crippen LogP contribution in [0.5, 0.6) is 0 Å². The summed E-state index contributed by atoms with van der Waals surface area (Å²) in [6, 6.07) is -1.06. The molecule has 0 aromatic heterocycles. The first-order valence-corrected chi connectivity index (χ1v) is 5.89. The summed E-state index contributed by atoms with van der Waals surface area (Å²) in [5.41, 5.74) is 4.87. The van der Waals surface area contributed by atoms with Gasteiger partial charge in [0.05, 0.1) is 24.6 Å². The third kappa shape index (κ3) is 3.98. The van der Waals surface area contributed by atoms with Crippen molar-refractivity contribution in [1.29, 1.82) is 0 Å². The number of carboxylic acids is 1. The lowest BCUT2D eigenvalue weighted by Crippen LogP contribution is -2.56. The molecule has 0 aromatic rings.